The molecule has 5 heteroatoms. The maximum absolute atomic E-state index is 13.8. The van der Waals surface area contributed by atoms with Crippen molar-refractivity contribution < 1.29 is 9.13 Å². The molecule has 0 aliphatic rings. The zero-order valence-electron chi connectivity index (χ0n) is 12.3. The van der Waals surface area contributed by atoms with Crippen LogP contribution in [0.3, 0.4) is 0 Å². The van der Waals surface area contributed by atoms with Crippen LogP contribution in [0.15, 0.2) is 41.1 Å². The Balaban J connectivity index is 2.22. The lowest BCUT2D eigenvalue weighted by Crippen LogP contribution is -2.35. The Morgan fingerprint density at radius 2 is 2.00 bits per heavy atom. The summed E-state index contributed by atoms with van der Waals surface area (Å²) in [6.45, 7) is 6.88. The van der Waals surface area contributed by atoms with Crippen molar-refractivity contribution in [3.63, 3.8) is 0 Å². The summed E-state index contributed by atoms with van der Waals surface area (Å²) in [5.74, 6) is 0.317. The molecule has 0 radical (unpaired) electrons. The van der Waals surface area contributed by atoms with Gasteiger partial charge in [-0.2, -0.15) is 0 Å². The Labute approximate surface area is 132 Å². The van der Waals surface area contributed by atoms with Crippen LogP contribution < -0.4 is 10.1 Å². The first kappa shape index (κ1) is 15.9. The third-order valence-electron chi connectivity index (χ3n) is 2.79. The number of nitrogens with zero attached hydrogens (tertiary/aromatic N) is 1. The van der Waals surface area contributed by atoms with Gasteiger partial charge in [0, 0.05) is 28.3 Å². The van der Waals surface area contributed by atoms with Crippen molar-refractivity contribution in [2.45, 2.75) is 32.9 Å². The fourth-order valence-electron chi connectivity index (χ4n) is 1.68. The van der Waals surface area contributed by atoms with E-state index in [1.54, 1.807) is 24.5 Å². The molecule has 0 saturated carbocycles. The molecule has 1 N–H and O–H groups in total. The highest BCUT2D eigenvalue weighted by molar-refractivity contribution is 9.10. The van der Waals surface area contributed by atoms with Crippen LogP contribution in [-0.4, -0.2) is 10.5 Å². The van der Waals surface area contributed by atoms with Crippen LogP contribution in [0.1, 0.15) is 26.3 Å². The topological polar surface area (TPSA) is 34.2 Å². The largest absolute Gasteiger partial charge is 0.452 e. The summed E-state index contributed by atoms with van der Waals surface area (Å²) in [6.07, 6.45) is 3.30. The molecule has 112 valence electrons. The molecule has 1 heterocycles. The van der Waals surface area contributed by atoms with Gasteiger partial charge in [0.1, 0.15) is 5.75 Å². The molecule has 0 spiro atoms. The lowest BCUT2D eigenvalue weighted by molar-refractivity contribution is 0.406. The van der Waals surface area contributed by atoms with Crippen LogP contribution >= 0.6 is 15.9 Å². The van der Waals surface area contributed by atoms with Gasteiger partial charge in [0.25, 0.3) is 0 Å². The van der Waals surface area contributed by atoms with E-state index in [9.17, 15) is 4.39 Å². The van der Waals surface area contributed by atoms with E-state index < -0.39 is 5.82 Å². The molecule has 1 aromatic carbocycles. The van der Waals surface area contributed by atoms with Gasteiger partial charge >= 0.3 is 0 Å². The van der Waals surface area contributed by atoms with Crippen LogP contribution in [-0.2, 0) is 6.54 Å². The van der Waals surface area contributed by atoms with Gasteiger partial charge in [-0.05, 0) is 45.0 Å². The number of ether oxygens (including phenoxy) is 1. The molecular formula is C16H18BrFN2O. The molecule has 0 aliphatic carbocycles. The number of aromatic nitrogens is 1. The highest BCUT2D eigenvalue weighted by Gasteiger charge is 2.13. The monoisotopic (exact) mass is 352 g/mol. The Bertz CT molecular complexity index is 626. The molecule has 21 heavy (non-hydrogen) atoms. The maximum Gasteiger partial charge on any atom is 0.165 e. The molecule has 3 nitrogen and oxygen atoms in total. The minimum absolute atomic E-state index is 0.0123. The van der Waals surface area contributed by atoms with E-state index in [4.69, 9.17) is 4.74 Å². The smallest absolute Gasteiger partial charge is 0.165 e. The van der Waals surface area contributed by atoms with Crippen LogP contribution in [0.4, 0.5) is 4.39 Å². The number of halogens is 2. The van der Waals surface area contributed by atoms with Crippen molar-refractivity contribution in [1.29, 1.82) is 0 Å². The van der Waals surface area contributed by atoms with Gasteiger partial charge in [-0.3, -0.25) is 4.98 Å². The molecule has 0 amide bonds. The molecule has 0 saturated heterocycles. The van der Waals surface area contributed by atoms with Crippen molar-refractivity contribution in [2.24, 2.45) is 0 Å². The first-order valence-electron chi connectivity index (χ1n) is 6.66. The highest BCUT2D eigenvalue weighted by Crippen LogP contribution is 2.29. The van der Waals surface area contributed by atoms with Gasteiger partial charge < -0.3 is 10.1 Å². The van der Waals surface area contributed by atoms with Gasteiger partial charge in [-0.1, -0.05) is 15.9 Å². The van der Waals surface area contributed by atoms with E-state index in [2.05, 4.69) is 47.0 Å². The van der Waals surface area contributed by atoms with E-state index >= 15 is 0 Å². The van der Waals surface area contributed by atoms with Crippen LogP contribution in [0.2, 0.25) is 0 Å². The molecule has 0 bridgehead atoms. The zero-order valence-corrected chi connectivity index (χ0v) is 13.9. The molecule has 2 rings (SSSR count). The van der Waals surface area contributed by atoms with Crippen molar-refractivity contribution in [3.05, 3.63) is 52.5 Å². The number of benzene rings is 1. The number of pyridine rings is 1. The van der Waals surface area contributed by atoms with Gasteiger partial charge in [-0.15, -0.1) is 0 Å². The molecule has 0 fully saturated rings. The van der Waals surface area contributed by atoms with Gasteiger partial charge in [0.15, 0.2) is 11.6 Å². The predicted molar refractivity (Wildman–Crippen MR) is 85.0 cm³/mol. The Hall–Kier alpha value is -1.46. The van der Waals surface area contributed by atoms with Crippen LogP contribution in [0, 0.1) is 5.82 Å². The summed E-state index contributed by atoms with van der Waals surface area (Å²) in [5, 5.41) is 3.38. The second-order valence-corrected chi connectivity index (χ2v) is 6.68. The van der Waals surface area contributed by atoms with Crippen molar-refractivity contribution in [1.82, 2.24) is 10.3 Å². The zero-order chi connectivity index (χ0) is 15.5. The van der Waals surface area contributed by atoms with Gasteiger partial charge in [0.2, 0.25) is 0 Å². The quantitative estimate of drug-likeness (QED) is 0.868. The van der Waals surface area contributed by atoms with E-state index in [0.29, 0.717) is 12.3 Å². The summed E-state index contributed by atoms with van der Waals surface area (Å²) >= 11 is 3.31. The SMILES string of the molecule is CC(C)(C)NCc1ccncc1Oc1cc(Br)ccc1F. The average molecular weight is 353 g/mol. The minimum atomic E-state index is -0.406. The first-order chi connectivity index (χ1) is 9.85. The predicted octanol–water partition coefficient (Wildman–Crippen LogP) is 4.66. The lowest BCUT2D eigenvalue weighted by Gasteiger charge is -2.21. The molecule has 0 atom stereocenters. The number of nitrogens with one attached hydrogen (secondary N) is 1. The normalized spacial score (nSPS) is 11.5. The summed E-state index contributed by atoms with van der Waals surface area (Å²) in [7, 11) is 0. The Morgan fingerprint density at radius 1 is 1.24 bits per heavy atom. The van der Waals surface area contributed by atoms with E-state index in [1.165, 1.54) is 6.07 Å². The van der Waals surface area contributed by atoms with Gasteiger partial charge in [0.05, 0.1) is 6.20 Å². The first-order valence-corrected chi connectivity index (χ1v) is 7.45. The third-order valence-corrected chi connectivity index (χ3v) is 3.29. The average Bonchev–Trinajstić information content (AvgIpc) is 2.41. The van der Waals surface area contributed by atoms with E-state index in [-0.39, 0.29) is 11.3 Å². The standard InChI is InChI=1S/C16H18BrFN2O/c1-16(2,3)20-9-11-6-7-19-10-15(11)21-14-8-12(17)4-5-13(14)18/h4-8,10,20H,9H2,1-3H3. The summed E-state index contributed by atoms with van der Waals surface area (Å²) < 4.78 is 20.2. The molecular weight excluding hydrogens is 335 g/mol. The molecule has 0 unspecified atom stereocenters. The van der Waals surface area contributed by atoms with Crippen molar-refractivity contribution in [3.8, 4) is 11.5 Å². The number of rotatable bonds is 4. The van der Waals surface area contributed by atoms with Crippen LogP contribution in [0.5, 0.6) is 11.5 Å². The Kier molecular flexibility index (Phi) is 4.96. The van der Waals surface area contributed by atoms with E-state index in [0.717, 1.165) is 10.0 Å². The summed E-state index contributed by atoms with van der Waals surface area (Å²) in [5.41, 5.74) is 0.918. The second kappa shape index (κ2) is 6.54. The molecule has 0 aliphatic heterocycles. The summed E-state index contributed by atoms with van der Waals surface area (Å²) in [4.78, 5) is 4.05. The van der Waals surface area contributed by atoms with Crippen molar-refractivity contribution in [2.75, 3.05) is 0 Å². The third kappa shape index (κ3) is 4.79. The number of hydrogen-bond donors (Lipinski definition) is 1. The summed E-state index contributed by atoms with van der Waals surface area (Å²) in [6, 6.07) is 6.46. The fourth-order valence-corrected chi connectivity index (χ4v) is 2.02. The van der Waals surface area contributed by atoms with Crippen molar-refractivity contribution >= 4 is 15.9 Å². The fraction of sp³-hybridized carbons (Fsp3) is 0.312. The van der Waals surface area contributed by atoms with Crippen LogP contribution in [0.25, 0.3) is 0 Å². The van der Waals surface area contributed by atoms with Gasteiger partial charge in [-0.25, -0.2) is 4.39 Å². The Morgan fingerprint density at radius 3 is 2.71 bits per heavy atom. The second-order valence-electron chi connectivity index (χ2n) is 5.76. The lowest BCUT2D eigenvalue weighted by atomic mass is 10.1. The molecule has 1 aromatic heterocycles. The highest BCUT2D eigenvalue weighted by atomic mass is 79.9. The molecule has 2 aromatic rings. The number of hydrogen-bond acceptors (Lipinski definition) is 3. The van der Waals surface area contributed by atoms with E-state index in [1.807, 2.05) is 6.07 Å². The maximum atomic E-state index is 13.8. The minimum Gasteiger partial charge on any atom is -0.452 e.